The van der Waals surface area contributed by atoms with Crippen molar-refractivity contribution in [2.24, 2.45) is 52.3 Å². The summed E-state index contributed by atoms with van der Waals surface area (Å²) in [5.74, 6) is 4.69. The van der Waals surface area contributed by atoms with Crippen LogP contribution in [0.3, 0.4) is 0 Å². The number of aliphatic hydroxyl groups excluding tert-OH is 4. The van der Waals surface area contributed by atoms with Gasteiger partial charge >= 0.3 is 5.97 Å². The van der Waals surface area contributed by atoms with Crippen LogP contribution < -0.4 is 0 Å². The molecule has 0 radical (unpaired) electrons. The number of unbranched alkanes of at least 4 members (excludes halogenated alkanes) is 12. The lowest BCUT2D eigenvalue weighted by molar-refractivity contribution is -0.313. The summed E-state index contributed by atoms with van der Waals surface area (Å²) in [6, 6.07) is 0. The van der Waals surface area contributed by atoms with Crippen LogP contribution in [-0.2, 0) is 19.0 Å². The van der Waals surface area contributed by atoms with Crippen LogP contribution in [0.25, 0.3) is 0 Å². The van der Waals surface area contributed by atoms with Gasteiger partial charge in [-0.15, -0.1) is 0 Å². The zero-order chi connectivity index (χ0) is 43.5. The van der Waals surface area contributed by atoms with Crippen molar-refractivity contribution in [3.05, 3.63) is 11.6 Å². The molecule has 348 valence electrons. The molecule has 3 saturated carbocycles. The van der Waals surface area contributed by atoms with E-state index >= 15 is 0 Å². The molecule has 0 bridgehead atoms. The van der Waals surface area contributed by atoms with E-state index in [1.165, 1.54) is 115 Å². The third kappa shape index (κ3) is 12.4. The van der Waals surface area contributed by atoms with Gasteiger partial charge in [-0.1, -0.05) is 156 Å². The Hall–Kier alpha value is -1.03. The van der Waals surface area contributed by atoms with E-state index in [1.54, 1.807) is 0 Å². The maximum atomic E-state index is 12.7. The third-order valence-corrected chi connectivity index (χ3v) is 17.5. The molecular formula is C52H92O8. The van der Waals surface area contributed by atoms with Crippen LogP contribution in [0.4, 0.5) is 0 Å². The molecule has 4 fully saturated rings. The van der Waals surface area contributed by atoms with Crippen LogP contribution in [-0.4, -0.2) is 75.9 Å². The Bertz CT molecular complexity index is 1300. The van der Waals surface area contributed by atoms with Crippen molar-refractivity contribution in [2.75, 3.05) is 6.61 Å². The zero-order valence-electron chi connectivity index (χ0n) is 39.5. The van der Waals surface area contributed by atoms with Gasteiger partial charge in [0.1, 0.15) is 31.0 Å². The monoisotopic (exact) mass is 845 g/mol. The second-order valence-electron chi connectivity index (χ2n) is 21.6. The van der Waals surface area contributed by atoms with Crippen molar-refractivity contribution in [1.29, 1.82) is 0 Å². The molecule has 15 atom stereocenters. The van der Waals surface area contributed by atoms with Gasteiger partial charge < -0.3 is 34.6 Å². The molecule has 0 aromatic carbocycles. The van der Waals surface area contributed by atoms with Gasteiger partial charge in [0, 0.05) is 0 Å². The Morgan fingerprint density at radius 3 is 2.07 bits per heavy atom. The molecule has 0 spiro atoms. The van der Waals surface area contributed by atoms with E-state index in [0.717, 1.165) is 80.5 Å². The fourth-order valence-electron chi connectivity index (χ4n) is 13.5. The third-order valence-electron chi connectivity index (χ3n) is 17.5. The molecule has 60 heavy (non-hydrogen) atoms. The number of hydrogen-bond donors (Lipinski definition) is 4. The van der Waals surface area contributed by atoms with Gasteiger partial charge in [0.15, 0.2) is 12.4 Å². The molecule has 1 unspecified atom stereocenters. The molecule has 4 aliphatic carbocycles. The van der Waals surface area contributed by atoms with Crippen molar-refractivity contribution >= 4 is 5.97 Å². The van der Waals surface area contributed by atoms with Crippen molar-refractivity contribution in [1.82, 2.24) is 0 Å². The Balaban J connectivity index is 1.04. The zero-order valence-corrected chi connectivity index (χ0v) is 39.5. The lowest BCUT2D eigenvalue weighted by Gasteiger charge is -2.58. The van der Waals surface area contributed by atoms with Crippen LogP contribution in [0.2, 0.25) is 0 Å². The molecular weight excluding hydrogens is 753 g/mol. The van der Waals surface area contributed by atoms with Gasteiger partial charge in [0.2, 0.25) is 0 Å². The number of rotatable bonds is 25. The van der Waals surface area contributed by atoms with Crippen LogP contribution in [0, 0.1) is 52.3 Å². The Morgan fingerprint density at radius 1 is 0.783 bits per heavy atom. The molecule has 0 aromatic heterocycles. The molecule has 4 N–H and O–H groups in total. The largest absolute Gasteiger partial charge is 0.461 e. The molecule has 8 nitrogen and oxygen atoms in total. The van der Waals surface area contributed by atoms with Gasteiger partial charge in [-0.25, -0.2) is 4.79 Å². The molecule has 8 heteroatoms. The Kier molecular flexibility index (Phi) is 19.8. The minimum Gasteiger partial charge on any atom is -0.461 e. The maximum absolute atomic E-state index is 12.7. The summed E-state index contributed by atoms with van der Waals surface area (Å²) in [4.78, 5) is 12.7. The molecule has 1 aliphatic heterocycles. The molecule has 1 heterocycles. The van der Waals surface area contributed by atoms with E-state index < -0.39 is 42.8 Å². The normalized spacial score (nSPS) is 36.8. The molecule has 5 rings (SSSR count). The van der Waals surface area contributed by atoms with Crippen molar-refractivity contribution in [3.8, 4) is 0 Å². The number of fused-ring (bicyclic) bond motifs is 5. The fraction of sp³-hybridized carbons (Fsp3) is 0.942. The predicted octanol–water partition coefficient (Wildman–Crippen LogP) is 11.2. The summed E-state index contributed by atoms with van der Waals surface area (Å²) >= 11 is 0. The van der Waals surface area contributed by atoms with Crippen LogP contribution in [0.1, 0.15) is 209 Å². The summed E-state index contributed by atoms with van der Waals surface area (Å²) in [6.45, 7) is 16.8. The van der Waals surface area contributed by atoms with Crippen molar-refractivity contribution in [3.63, 3.8) is 0 Å². The number of hydrogen-bond acceptors (Lipinski definition) is 8. The standard InChI is InChI=1S/C52H92O8/c1-8-10-11-12-13-14-15-16-17-18-19-20-21-22-44(53)49(57)58-34-45-46(54)47(55)48(56)50(60-45)59-39-29-31-51(6)38(33-39)25-26-40-42-28-27-41(52(42,7)32-30-43(40)51)36(5)23-24-37(9-2)35(3)4/h25,35-37,39-48,50,53-56H,8-24,26-34H2,1-7H3/t36-,37-,39+,40+,41-,42+,43+,44?,45-,46-,47+,48-,50-,51+,52-/m1/s1. The minimum atomic E-state index is -1.51. The van der Waals surface area contributed by atoms with Gasteiger partial charge in [-0.3, -0.25) is 0 Å². The van der Waals surface area contributed by atoms with E-state index in [9.17, 15) is 25.2 Å². The summed E-state index contributed by atoms with van der Waals surface area (Å²) in [6.07, 6.45) is 23.9. The van der Waals surface area contributed by atoms with Gasteiger partial charge in [0.25, 0.3) is 0 Å². The first-order valence-electron chi connectivity index (χ1n) is 25.6. The minimum absolute atomic E-state index is 0.145. The summed E-state index contributed by atoms with van der Waals surface area (Å²) in [5, 5.41) is 43.0. The number of carbonyl (C=O) groups excluding carboxylic acids is 1. The SMILES string of the molecule is CCCCCCCCCCCCCCCC(O)C(=O)OC[C@H]1O[C@@H](O[C@H]2CC[C@@]3(C)C(=CC[C@H]4[C@@H]5CC[C@H]([C@H](C)CC[C@@H](CC)C(C)C)[C@@]5(C)CC[C@@H]43)C2)[C@H](O)[C@@H](O)[C@@H]1O. The predicted molar refractivity (Wildman–Crippen MR) is 241 cm³/mol. The number of esters is 1. The highest BCUT2D eigenvalue weighted by Crippen LogP contribution is 2.67. The highest BCUT2D eigenvalue weighted by molar-refractivity contribution is 5.74. The average molecular weight is 845 g/mol. The number of aliphatic hydroxyl groups is 4. The van der Waals surface area contributed by atoms with Gasteiger partial charge in [-0.2, -0.15) is 0 Å². The average Bonchev–Trinajstić information content (AvgIpc) is 3.59. The van der Waals surface area contributed by atoms with Gasteiger partial charge in [-0.05, 0) is 116 Å². The first-order chi connectivity index (χ1) is 28.7. The maximum Gasteiger partial charge on any atom is 0.335 e. The molecule has 5 aliphatic rings. The number of allylic oxidation sites excluding steroid dienone is 1. The highest BCUT2D eigenvalue weighted by atomic mass is 16.7. The smallest absolute Gasteiger partial charge is 0.335 e. The molecule has 0 amide bonds. The lowest BCUT2D eigenvalue weighted by Crippen LogP contribution is -2.60. The molecule has 0 aromatic rings. The van der Waals surface area contributed by atoms with Crippen molar-refractivity contribution < 1.29 is 39.4 Å². The van der Waals surface area contributed by atoms with Crippen LogP contribution >= 0.6 is 0 Å². The Labute approximate surface area is 366 Å². The topological polar surface area (TPSA) is 126 Å². The number of ether oxygens (including phenoxy) is 3. The second kappa shape index (κ2) is 23.8. The second-order valence-corrected chi connectivity index (χ2v) is 21.6. The fourth-order valence-corrected chi connectivity index (χ4v) is 13.5. The first kappa shape index (κ1) is 50.0. The van der Waals surface area contributed by atoms with E-state index in [-0.39, 0.29) is 18.1 Å². The van der Waals surface area contributed by atoms with Gasteiger partial charge in [0.05, 0.1) is 6.10 Å². The summed E-state index contributed by atoms with van der Waals surface area (Å²) in [5.41, 5.74) is 2.06. The van der Waals surface area contributed by atoms with E-state index in [1.807, 2.05) is 0 Å². The number of carbonyl (C=O) groups is 1. The molecule has 1 saturated heterocycles. The lowest BCUT2D eigenvalue weighted by atomic mass is 9.47. The van der Waals surface area contributed by atoms with E-state index in [2.05, 4.69) is 54.5 Å². The Morgan fingerprint density at radius 2 is 1.43 bits per heavy atom. The summed E-state index contributed by atoms with van der Waals surface area (Å²) < 4.78 is 17.8. The highest BCUT2D eigenvalue weighted by Gasteiger charge is 2.59. The van der Waals surface area contributed by atoms with E-state index in [0.29, 0.717) is 17.8 Å². The quantitative estimate of drug-likeness (QED) is 0.0407. The van der Waals surface area contributed by atoms with Crippen molar-refractivity contribution in [2.45, 2.75) is 252 Å². The first-order valence-corrected chi connectivity index (χ1v) is 25.6. The van der Waals surface area contributed by atoms with Crippen LogP contribution in [0.5, 0.6) is 0 Å². The van der Waals surface area contributed by atoms with Crippen LogP contribution in [0.15, 0.2) is 11.6 Å². The summed E-state index contributed by atoms with van der Waals surface area (Å²) in [7, 11) is 0. The van der Waals surface area contributed by atoms with E-state index in [4.69, 9.17) is 14.2 Å².